The van der Waals surface area contributed by atoms with Crippen LogP contribution in [0.1, 0.15) is 58.9 Å². The molecule has 5 nitrogen and oxygen atoms in total. The summed E-state index contributed by atoms with van der Waals surface area (Å²) >= 11 is 0. The van der Waals surface area contributed by atoms with Gasteiger partial charge in [-0.1, -0.05) is 62.2 Å². The van der Waals surface area contributed by atoms with Crippen LogP contribution >= 0.6 is 0 Å². The molecule has 0 spiro atoms. The van der Waals surface area contributed by atoms with Crippen molar-refractivity contribution in [2.45, 2.75) is 39.2 Å². The summed E-state index contributed by atoms with van der Waals surface area (Å²) in [4.78, 5) is 27.2. The Balaban J connectivity index is 1.35. The standard InChI is InChI=1S/C26H32N2O3/c1-3-28(19-20-12-6-9-15-25(20)31-2)17-11-5-4-10-16-27-23-18-24(29)21-13-7-8-14-22(21)26(23)30/h6-9,12-15,18,27H,3-5,10-11,16-17,19H2,1-2H3. The fourth-order valence-corrected chi connectivity index (χ4v) is 3.91. The van der Waals surface area contributed by atoms with Crippen molar-refractivity contribution in [2.24, 2.45) is 0 Å². The number of carbonyl (C=O) groups is 2. The number of allylic oxidation sites excluding steroid dienone is 2. The van der Waals surface area contributed by atoms with E-state index in [9.17, 15) is 9.59 Å². The Labute approximate surface area is 185 Å². The maximum Gasteiger partial charge on any atom is 0.209 e. The van der Waals surface area contributed by atoms with E-state index in [-0.39, 0.29) is 11.6 Å². The number of para-hydroxylation sites is 1. The lowest BCUT2D eigenvalue weighted by atomic mass is 9.93. The molecule has 1 N–H and O–H groups in total. The van der Waals surface area contributed by atoms with Crippen molar-refractivity contribution in [3.8, 4) is 5.75 Å². The van der Waals surface area contributed by atoms with E-state index < -0.39 is 0 Å². The molecule has 31 heavy (non-hydrogen) atoms. The third kappa shape index (κ3) is 6.05. The van der Waals surface area contributed by atoms with Crippen LogP contribution in [0.3, 0.4) is 0 Å². The zero-order chi connectivity index (χ0) is 22.1. The number of carbonyl (C=O) groups excluding carboxylic acids is 2. The molecule has 2 aromatic rings. The Hall–Kier alpha value is -2.92. The van der Waals surface area contributed by atoms with Gasteiger partial charge in [0.15, 0.2) is 5.78 Å². The Morgan fingerprint density at radius 2 is 1.61 bits per heavy atom. The molecule has 0 atom stereocenters. The number of Topliss-reactive ketones (excluding diaryl/α,β-unsaturated/α-hetero) is 1. The van der Waals surface area contributed by atoms with Crippen molar-refractivity contribution in [1.29, 1.82) is 0 Å². The molecule has 0 saturated heterocycles. The lowest BCUT2D eigenvalue weighted by Gasteiger charge is -2.21. The van der Waals surface area contributed by atoms with Gasteiger partial charge in [0.2, 0.25) is 5.78 Å². The van der Waals surface area contributed by atoms with Gasteiger partial charge in [-0.05, 0) is 32.0 Å². The fourth-order valence-electron chi connectivity index (χ4n) is 3.91. The quantitative estimate of drug-likeness (QED) is 0.507. The van der Waals surface area contributed by atoms with Crippen LogP contribution in [-0.2, 0) is 6.54 Å². The summed E-state index contributed by atoms with van der Waals surface area (Å²) < 4.78 is 5.46. The summed E-state index contributed by atoms with van der Waals surface area (Å²) in [6.07, 6.45) is 5.77. The van der Waals surface area contributed by atoms with Crippen LogP contribution in [0, 0.1) is 0 Å². The highest BCUT2D eigenvalue weighted by Gasteiger charge is 2.24. The molecule has 0 aromatic heterocycles. The Bertz CT molecular complexity index is 936. The van der Waals surface area contributed by atoms with E-state index in [4.69, 9.17) is 4.74 Å². The van der Waals surface area contributed by atoms with Crippen LogP contribution < -0.4 is 10.1 Å². The maximum absolute atomic E-state index is 12.5. The molecule has 0 amide bonds. The SMILES string of the molecule is CCN(CCCCCCNC1=CC(=O)c2ccccc2C1=O)Cc1ccccc1OC. The molecule has 0 radical (unpaired) electrons. The molecule has 0 bridgehead atoms. The van der Waals surface area contributed by atoms with Gasteiger partial charge in [0.25, 0.3) is 0 Å². The van der Waals surface area contributed by atoms with Crippen molar-refractivity contribution >= 4 is 11.6 Å². The molecule has 0 unspecified atom stereocenters. The van der Waals surface area contributed by atoms with Crippen molar-refractivity contribution in [3.05, 3.63) is 77.0 Å². The summed E-state index contributed by atoms with van der Waals surface area (Å²) in [5, 5.41) is 3.17. The van der Waals surface area contributed by atoms with Gasteiger partial charge < -0.3 is 10.1 Å². The Morgan fingerprint density at radius 3 is 2.39 bits per heavy atom. The second kappa shape index (κ2) is 11.5. The van der Waals surface area contributed by atoms with Crippen LogP contribution in [0.5, 0.6) is 5.75 Å². The predicted octanol–water partition coefficient (Wildman–Crippen LogP) is 4.63. The van der Waals surface area contributed by atoms with Gasteiger partial charge in [-0.15, -0.1) is 0 Å². The highest BCUT2D eigenvalue weighted by molar-refractivity contribution is 6.24. The smallest absolute Gasteiger partial charge is 0.209 e. The number of rotatable bonds is 12. The first-order valence-electron chi connectivity index (χ1n) is 11.1. The molecule has 5 heteroatoms. The summed E-state index contributed by atoms with van der Waals surface area (Å²) in [5.41, 5.74) is 2.62. The lowest BCUT2D eigenvalue weighted by Crippen LogP contribution is -2.27. The summed E-state index contributed by atoms with van der Waals surface area (Å²) in [6.45, 7) is 5.84. The number of nitrogens with one attached hydrogen (secondary N) is 1. The second-order valence-corrected chi connectivity index (χ2v) is 7.82. The first kappa shape index (κ1) is 22.8. The van der Waals surface area contributed by atoms with Crippen LogP contribution in [0.4, 0.5) is 0 Å². The summed E-state index contributed by atoms with van der Waals surface area (Å²) in [6, 6.07) is 15.2. The first-order valence-corrected chi connectivity index (χ1v) is 11.1. The minimum Gasteiger partial charge on any atom is -0.496 e. The van der Waals surface area contributed by atoms with E-state index in [1.54, 1.807) is 31.4 Å². The highest BCUT2D eigenvalue weighted by Crippen LogP contribution is 2.21. The molecular weight excluding hydrogens is 388 g/mol. The van der Waals surface area contributed by atoms with Crippen molar-refractivity contribution in [3.63, 3.8) is 0 Å². The normalized spacial score (nSPS) is 13.2. The van der Waals surface area contributed by atoms with Crippen molar-refractivity contribution in [2.75, 3.05) is 26.7 Å². The number of nitrogens with zero attached hydrogens (tertiary/aromatic N) is 1. The van der Waals surface area contributed by atoms with Gasteiger partial charge in [-0.3, -0.25) is 14.5 Å². The number of methoxy groups -OCH3 is 1. The summed E-state index contributed by atoms with van der Waals surface area (Å²) in [7, 11) is 1.72. The van der Waals surface area contributed by atoms with Gasteiger partial charge in [-0.25, -0.2) is 0 Å². The number of benzene rings is 2. The number of ketones is 2. The van der Waals surface area contributed by atoms with Gasteiger partial charge in [0.05, 0.1) is 12.8 Å². The van der Waals surface area contributed by atoms with Crippen LogP contribution in [-0.4, -0.2) is 43.2 Å². The van der Waals surface area contributed by atoms with Crippen LogP contribution in [0.25, 0.3) is 0 Å². The minimum atomic E-state index is -0.104. The van der Waals surface area contributed by atoms with E-state index in [0.717, 1.165) is 51.1 Å². The number of fused-ring (bicyclic) bond motifs is 1. The van der Waals surface area contributed by atoms with E-state index in [2.05, 4.69) is 29.3 Å². The monoisotopic (exact) mass is 420 g/mol. The number of ether oxygens (including phenoxy) is 1. The molecule has 0 saturated carbocycles. The van der Waals surface area contributed by atoms with Gasteiger partial charge in [0, 0.05) is 35.9 Å². The fraction of sp³-hybridized carbons (Fsp3) is 0.385. The van der Waals surface area contributed by atoms with Gasteiger partial charge in [0.1, 0.15) is 5.75 Å². The average Bonchev–Trinajstić information content (AvgIpc) is 2.81. The van der Waals surface area contributed by atoms with Gasteiger partial charge in [-0.2, -0.15) is 0 Å². The molecule has 1 aliphatic carbocycles. The van der Waals surface area contributed by atoms with E-state index in [0.29, 0.717) is 23.4 Å². The molecule has 0 heterocycles. The average molecular weight is 421 g/mol. The molecular formula is C26H32N2O3. The molecule has 3 rings (SSSR count). The molecule has 1 aliphatic rings. The zero-order valence-corrected chi connectivity index (χ0v) is 18.5. The number of hydrogen-bond donors (Lipinski definition) is 1. The topological polar surface area (TPSA) is 58.6 Å². The Morgan fingerprint density at radius 1 is 0.903 bits per heavy atom. The number of hydrogen-bond acceptors (Lipinski definition) is 5. The molecule has 2 aromatic carbocycles. The molecule has 0 aliphatic heterocycles. The van der Waals surface area contributed by atoms with Crippen LogP contribution in [0.15, 0.2) is 60.3 Å². The Kier molecular flexibility index (Phi) is 8.42. The minimum absolute atomic E-state index is 0.0925. The van der Waals surface area contributed by atoms with E-state index >= 15 is 0 Å². The van der Waals surface area contributed by atoms with Crippen molar-refractivity contribution < 1.29 is 14.3 Å². The first-order chi connectivity index (χ1) is 15.1. The number of unbranched alkanes of at least 4 members (excludes halogenated alkanes) is 3. The zero-order valence-electron chi connectivity index (χ0n) is 18.5. The van der Waals surface area contributed by atoms with Gasteiger partial charge >= 0.3 is 0 Å². The molecule has 0 fully saturated rings. The second-order valence-electron chi connectivity index (χ2n) is 7.82. The third-order valence-electron chi connectivity index (χ3n) is 5.71. The van der Waals surface area contributed by atoms with E-state index in [1.165, 1.54) is 11.6 Å². The molecule has 164 valence electrons. The highest BCUT2D eigenvalue weighted by atomic mass is 16.5. The predicted molar refractivity (Wildman–Crippen MR) is 124 cm³/mol. The summed E-state index contributed by atoms with van der Waals surface area (Å²) in [5.74, 6) is 0.747. The third-order valence-corrected chi connectivity index (χ3v) is 5.71. The largest absolute Gasteiger partial charge is 0.496 e. The van der Waals surface area contributed by atoms with Crippen molar-refractivity contribution in [1.82, 2.24) is 10.2 Å². The van der Waals surface area contributed by atoms with Crippen LogP contribution in [0.2, 0.25) is 0 Å². The lowest BCUT2D eigenvalue weighted by molar-refractivity contribution is 0.0978. The van der Waals surface area contributed by atoms with E-state index in [1.807, 2.05) is 12.1 Å². The maximum atomic E-state index is 12.5.